The van der Waals surface area contributed by atoms with Crippen molar-refractivity contribution >= 4 is 0 Å². The van der Waals surface area contributed by atoms with Crippen molar-refractivity contribution in [3.05, 3.63) is 30.1 Å². The highest BCUT2D eigenvalue weighted by Gasteiger charge is 2.24. The Balaban J connectivity index is 2.04. The molecule has 1 aliphatic heterocycles. The summed E-state index contributed by atoms with van der Waals surface area (Å²) in [6.45, 7) is 9.19. The molecular formula is C15H25N3. The Kier molecular flexibility index (Phi) is 4.72. The average molecular weight is 247 g/mol. The van der Waals surface area contributed by atoms with Gasteiger partial charge in [0.15, 0.2) is 0 Å². The van der Waals surface area contributed by atoms with Crippen molar-refractivity contribution in [3.63, 3.8) is 0 Å². The van der Waals surface area contributed by atoms with Crippen LogP contribution in [0.2, 0.25) is 0 Å². The van der Waals surface area contributed by atoms with Crippen LogP contribution in [-0.2, 0) is 0 Å². The topological polar surface area (TPSA) is 28.2 Å². The maximum atomic E-state index is 4.10. The fraction of sp³-hybridized carbons (Fsp3) is 0.667. The molecule has 0 spiro atoms. The Bertz CT molecular complexity index is 344. The van der Waals surface area contributed by atoms with Crippen molar-refractivity contribution in [2.24, 2.45) is 0 Å². The molecule has 1 N–H and O–H groups in total. The number of hydrogen-bond acceptors (Lipinski definition) is 3. The van der Waals surface area contributed by atoms with E-state index in [4.69, 9.17) is 0 Å². The first-order valence-electron chi connectivity index (χ1n) is 7.07. The lowest BCUT2D eigenvalue weighted by atomic mass is 10.1. The third-order valence-electron chi connectivity index (χ3n) is 3.94. The van der Waals surface area contributed by atoms with Crippen molar-refractivity contribution in [2.75, 3.05) is 13.1 Å². The van der Waals surface area contributed by atoms with Gasteiger partial charge in [0.2, 0.25) is 0 Å². The molecule has 0 saturated carbocycles. The van der Waals surface area contributed by atoms with Crippen LogP contribution in [0, 0.1) is 0 Å². The predicted octanol–water partition coefficient (Wildman–Crippen LogP) is 2.61. The highest BCUT2D eigenvalue weighted by molar-refractivity contribution is 5.14. The van der Waals surface area contributed by atoms with Crippen LogP contribution in [0.1, 0.15) is 45.2 Å². The van der Waals surface area contributed by atoms with Gasteiger partial charge in [0.25, 0.3) is 0 Å². The molecule has 1 aromatic rings. The van der Waals surface area contributed by atoms with Crippen LogP contribution in [0.15, 0.2) is 24.5 Å². The predicted molar refractivity (Wildman–Crippen MR) is 75.5 cm³/mol. The van der Waals surface area contributed by atoms with E-state index in [0.717, 1.165) is 6.54 Å². The monoisotopic (exact) mass is 247 g/mol. The lowest BCUT2D eigenvalue weighted by Gasteiger charge is -2.35. The van der Waals surface area contributed by atoms with Crippen LogP contribution >= 0.6 is 0 Å². The standard InChI is InChI=1S/C15H25N3/c1-12(2)18(11-15-5-4-8-17-15)13(3)14-6-9-16-10-7-14/h6-7,9-10,12-13,15,17H,4-5,8,11H2,1-3H3. The third kappa shape index (κ3) is 3.30. The Morgan fingerprint density at radius 2 is 2.06 bits per heavy atom. The highest BCUT2D eigenvalue weighted by atomic mass is 15.2. The lowest BCUT2D eigenvalue weighted by Crippen LogP contribution is -2.42. The number of aromatic nitrogens is 1. The normalized spacial score (nSPS) is 21.7. The molecule has 0 aromatic carbocycles. The molecule has 1 aromatic heterocycles. The molecule has 2 heterocycles. The van der Waals surface area contributed by atoms with Gasteiger partial charge in [0.05, 0.1) is 0 Å². The number of nitrogens with zero attached hydrogens (tertiary/aromatic N) is 2. The average Bonchev–Trinajstić information content (AvgIpc) is 2.89. The minimum Gasteiger partial charge on any atom is -0.313 e. The number of nitrogens with one attached hydrogen (secondary N) is 1. The first-order chi connectivity index (χ1) is 8.68. The minimum absolute atomic E-state index is 0.454. The molecule has 0 aliphatic carbocycles. The van der Waals surface area contributed by atoms with Crippen LogP contribution in [0.25, 0.3) is 0 Å². The van der Waals surface area contributed by atoms with Gasteiger partial charge in [-0.2, -0.15) is 0 Å². The number of pyridine rings is 1. The van der Waals surface area contributed by atoms with Crippen LogP contribution in [0.4, 0.5) is 0 Å². The Labute approximate surface area is 111 Å². The summed E-state index contributed by atoms with van der Waals surface area (Å²) in [5, 5.41) is 3.59. The van der Waals surface area contributed by atoms with Gasteiger partial charge in [0.1, 0.15) is 0 Å². The van der Waals surface area contributed by atoms with Gasteiger partial charge in [-0.15, -0.1) is 0 Å². The zero-order valence-electron chi connectivity index (χ0n) is 11.8. The van der Waals surface area contributed by atoms with Crippen molar-refractivity contribution in [2.45, 2.75) is 51.7 Å². The first kappa shape index (κ1) is 13.5. The second kappa shape index (κ2) is 6.30. The molecule has 2 unspecified atom stereocenters. The maximum Gasteiger partial charge on any atom is 0.0324 e. The number of hydrogen-bond donors (Lipinski definition) is 1. The van der Waals surface area contributed by atoms with Crippen LogP contribution in [0.3, 0.4) is 0 Å². The van der Waals surface area contributed by atoms with E-state index >= 15 is 0 Å². The fourth-order valence-corrected chi connectivity index (χ4v) is 2.82. The van der Waals surface area contributed by atoms with Crippen LogP contribution in [0.5, 0.6) is 0 Å². The summed E-state index contributed by atoms with van der Waals surface area (Å²) in [5.41, 5.74) is 1.36. The van der Waals surface area contributed by atoms with E-state index in [1.807, 2.05) is 12.4 Å². The van der Waals surface area contributed by atoms with Crippen molar-refractivity contribution in [1.29, 1.82) is 0 Å². The van der Waals surface area contributed by atoms with E-state index in [1.165, 1.54) is 24.9 Å². The van der Waals surface area contributed by atoms with Crippen molar-refractivity contribution in [1.82, 2.24) is 15.2 Å². The second-order valence-electron chi connectivity index (χ2n) is 5.54. The maximum absolute atomic E-state index is 4.10. The molecule has 1 fully saturated rings. The third-order valence-corrected chi connectivity index (χ3v) is 3.94. The van der Waals surface area contributed by atoms with Crippen LogP contribution < -0.4 is 5.32 Å². The number of rotatable bonds is 5. The van der Waals surface area contributed by atoms with E-state index in [9.17, 15) is 0 Å². The summed E-state index contributed by atoms with van der Waals surface area (Å²) in [6, 6.07) is 5.94. The minimum atomic E-state index is 0.454. The van der Waals surface area contributed by atoms with Gasteiger partial charge in [-0.1, -0.05) is 0 Å². The van der Waals surface area contributed by atoms with Gasteiger partial charge in [0, 0.05) is 37.1 Å². The molecule has 3 nitrogen and oxygen atoms in total. The van der Waals surface area contributed by atoms with Gasteiger partial charge >= 0.3 is 0 Å². The molecule has 1 aliphatic rings. The molecule has 100 valence electrons. The van der Waals surface area contributed by atoms with E-state index < -0.39 is 0 Å². The van der Waals surface area contributed by atoms with Crippen molar-refractivity contribution in [3.8, 4) is 0 Å². The summed E-state index contributed by atoms with van der Waals surface area (Å²) in [7, 11) is 0. The first-order valence-corrected chi connectivity index (χ1v) is 7.07. The quantitative estimate of drug-likeness (QED) is 0.867. The van der Waals surface area contributed by atoms with E-state index in [0.29, 0.717) is 18.1 Å². The summed E-state index contributed by atoms with van der Waals surface area (Å²) in [6.07, 6.45) is 6.41. The molecule has 0 radical (unpaired) electrons. The van der Waals surface area contributed by atoms with E-state index in [-0.39, 0.29) is 0 Å². The molecule has 2 rings (SSSR count). The summed E-state index contributed by atoms with van der Waals surface area (Å²) in [5.74, 6) is 0. The van der Waals surface area contributed by atoms with Gasteiger partial charge in [-0.05, 0) is 57.9 Å². The van der Waals surface area contributed by atoms with Gasteiger partial charge < -0.3 is 5.32 Å². The van der Waals surface area contributed by atoms with Gasteiger partial charge in [-0.3, -0.25) is 9.88 Å². The molecular weight excluding hydrogens is 222 g/mol. The van der Waals surface area contributed by atoms with Gasteiger partial charge in [-0.25, -0.2) is 0 Å². The summed E-state index contributed by atoms with van der Waals surface area (Å²) >= 11 is 0. The molecule has 3 heteroatoms. The molecule has 1 saturated heterocycles. The molecule has 2 atom stereocenters. The van der Waals surface area contributed by atoms with Crippen molar-refractivity contribution < 1.29 is 0 Å². The van der Waals surface area contributed by atoms with E-state index in [1.54, 1.807) is 0 Å². The second-order valence-corrected chi connectivity index (χ2v) is 5.54. The Morgan fingerprint density at radius 1 is 1.33 bits per heavy atom. The molecule has 0 amide bonds. The molecule has 18 heavy (non-hydrogen) atoms. The molecule has 0 bridgehead atoms. The van der Waals surface area contributed by atoms with Crippen LogP contribution in [-0.4, -0.2) is 35.1 Å². The fourth-order valence-electron chi connectivity index (χ4n) is 2.82. The zero-order valence-corrected chi connectivity index (χ0v) is 11.8. The smallest absolute Gasteiger partial charge is 0.0324 e. The largest absolute Gasteiger partial charge is 0.313 e. The summed E-state index contributed by atoms with van der Waals surface area (Å²) < 4.78 is 0. The highest BCUT2D eigenvalue weighted by Crippen LogP contribution is 2.23. The SMILES string of the molecule is CC(C)N(CC1CCCN1)C(C)c1ccncc1. The lowest BCUT2D eigenvalue weighted by molar-refractivity contribution is 0.149. The van der Waals surface area contributed by atoms with E-state index in [2.05, 4.69) is 48.1 Å². The Morgan fingerprint density at radius 3 is 2.61 bits per heavy atom. The Hall–Kier alpha value is -0.930. The zero-order chi connectivity index (χ0) is 13.0. The summed E-state index contributed by atoms with van der Waals surface area (Å²) in [4.78, 5) is 6.69.